The fourth-order valence-corrected chi connectivity index (χ4v) is 4.10. The molecule has 0 spiro atoms. The molecule has 112 valence electrons. The Bertz CT molecular complexity index is 782. The van der Waals surface area contributed by atoms with Crippen molar-refractivity contribution in [1.82, 2.24) is 4.98 Å². The zero-order valence-corrected chi connectivity index (χ0v) is 14.0. The van der Waals surface area contributed by atoms with Crippen molar-refractivity contribution in [3.8, 4) is 0 Å². The van der Waals surface area contributed by atoms with Crippen molar-refractivity contribution in [2.45, 2.75) is 25.2 Å². The van der Waals surface area contributed by atoms with Gasteiger partial charge in [-0.05, 0) is 25.5 Å². The largest absolute Gasteiger partial charge is 0.389 e. The third-order valence-corrected chi connectivity index (χ3v) is 5.51. The Balaban J connectivity index is 2.33. The summed E-state index contributed by atoms with van der Waals surface area (Å²) in [5.74, 6) is 0. The van der Waals surface area contributed by atoms with E-state index in [4.69, 9.17) is 18.0 Å². The summed E-state index contributed by atoms with van der Waals surface area (Å²) in [6, 6.07) is 6.22. The molecule has 0 unspecified atom stereocenters. The number of nitrogens with one attached hydrogen (secondary N) is 1. The molecule has 0 aliphatic rings. The maximum Gasteiger partial charge on any atom is 0.263 e. The highest BCUT2D eigenvalue weighted by Gasteiger charge is 2.17. The second-order valence-electron chi connectivity index (χ2n) is 4.37. The molecule has 5 nitrogen and oxygen atoms in total. The Morgan fingerprint density at radius 3 is 2.76 bits per heavy atom. The minimum absolute atomic E-state index is 0.110. The van der Waals surface area contributed by atoms with Crippen LogP contribution in [-0.4, -0.2) is 18.4 Å². The first-order chi connectivity index (χ1) is 9.83. The van der Waals surface area contributed by atoms with Crippen LogP contribution in [0.3, 0.4) is 0 Å². The van der Waals surface area contributed by atoms with Gasteiger partial charge in [-0.3, -0.25) is 4.72 Å². The van der Waals surface area contributed by atoms with E-state index < -0.39 is 10.0 Å². The molecule has 1 heterocycles. The van der Waals surface area contributed by atoms with Crippen molar-refractivity contribution in [2.75, 3.05) is 4.72 Å². The monoisotopic (exact) mass is 341 g/mol. The van der Waals surface area contributed by atoms with Crippen LogP contribution < -0.4 is 10.5 Å². The Labute approximate surface area is 133 Å². The van der Waals surface area contributed by atoms with Gasteiger partial charge in [-0.2, -0.15) is 0 Å². The number of rotatable bonds is 5. The van der Waals surface area contributed by atoms with Crippen LogP contribution in [0.15, 0.2) is 29.2 Å². The molecule has 0 radical (unpaired) electrons. The predicted octanol–water partition coefficient (Wildman–Crippen LogP) is 2.45. The van der Waals surface area contributed by atoms with Crippen molar-refractivity contribution in [3.05, 3.63) is 40.4 Å². The highest BCUT2D eigenvalue weighted by atomic mass is 32.2. The molecule has 0 fully saturated rings. The average molecular weight is 341 g/mol. The van der Waals surface area contributed by atoms with Crippen LogP contribution >= 0.6 is 23.6 Å². The van der Waals surface area contributed by atoms with Crippen molar-refractivity contribution >= 4 is 43.7 Å². The summed E-state index contributed by atoms with van der Waals surface area (Å²) in [5, 5.41) is 0.366. The third-order valence-electron chi connectivity index (χ3n) is 2.88. The first-order valence-corrected chi connectivity index (χ1v) is 8.93. The summed E-state index contributed by atoms with van der Waals surface area (Å²) >= 11 is 6.18. The Morgan fingerprint density at radius 1 is 1.48 bits per heavy atom. The minimum Gasteiger partial charge on any atom is -0.389 e. The van der Waals surface area contributed by atoms with Gasteiger partial charge >= 0.3 is 0 Å². The molecule has 0 atom stereocenters. The second kappa shape index (κ2) is 6.08. The maximum absolute atomic E-state index is 12.4. The molecule has 0 bridgehead atoms. The van der Waals surface area contributed by atoms with E-state index in [0.717, 1.165) is 17.0 Å². The number of sulfonamides is 1. The molecule has 0 saturated carbocycles. The third kappa shape index (κ3) is 3.58. The van der Waals surface area contributed by atoms with Crippen LogP contribution in [0, 0.1) is 6.92 Å². The van der Waals surface area contributed by atoms with Crippen LogP contribution in [-0.2, 0) is 16.4 Å². The highest BCUT2D eigenvalue weighted by Crippen LogP contribution is 2.25. The molecule has 2 aromatic rings. The minimum atomic E-state index is -3.70. The van der Waals surface area contributed by atoms with Gasteiger partial charge in [0.05, 0.1) is 10.6 Å². The van der Waals surface area contributed by atoms with Crippen molar-refractivity contribution < 1.29 is 8.42 Å². The van der Waals surface area contributed by atoms with Gasteiger partial charge in [0.2, 0.25) is 0 Å². The van der Waals surface area contributed by atoms with Crippen molar-refractivity contribution in [1.29, 1.82) is 0 Å². The van der Waals surface area contributed by atoms with Gasteiger partial charge < -0.3 is 5.73 Å². The number of nitrogens with zero attached hydrogens (tertiary/aromatic N) is 1. The topological polar surface area (TPSA) is 85.1 Å². The maximum atomic E-state index is 12.4. The van der Waals surface area contributed by atoms with Crippen molar-refractivity contribution in [2.24, 2.45) is 5.73 Å². The summed E-state index contributed by atoms with van der Waals surface area (Å²) in [6.45, 7) is 3.90. The van der Waals surface area contributed by atoms with E-state index in [1.807, 2.05) is 13.8 Å². The zero-order chi connectivity index (χ0) is 15.6. The number of benzene rings is 1. The quantitative estimate of drug-likeness (QED) is 0.816. The van der Waals surface area contributed by atoms with Gasteiger partial charge in [0, 0.05) is 10.4 Å². The molecule has 1 aromatic heterocycles. The summed E-state index contributed by atoms with van der Waals surface area (Å²) in [5.41, 5.74) is 6.93. The summed E-state index contributed by atoms with van der Waals surface area (Å²) < 4.78 is 27.2. The fraction of sp³-hybridized carbons (Fsp3) is 0.231. The van der Waals surface area contributed by atoms with Gasteiger partial charge in [-0.15, -0.1) is 11.3 Å². The molecule has 0 aliphatic carbocycles. The standard InChI is InChI=1S/C13H15N3O2S3/c1-3-11-8(2)20-13(15-11)16-21(17,18)10-6-4-5-9(7-10)12(14)19/h4-7H,3H2,1-2H3,(H2,14,19)(H,15,16). The van der Waals surface area contributed by atoms with Gasteiger partial charge in [-0.1, -0.05) is 31.3 Å². The first kappa shape index (κ1) is 15.9. The summed E-state index contributed by atoms with van der Waals surface area (Å²) in [4.78, 5) is 5.55. The average Bonchev–Trinajstić information content (AvgIpc) is 2.78. The Morgan fingerprint density at radius 2 is 2.19 bits per heavy atom. The zero-order valence-electron chi connectivity index (χ0n) is 11.6. The normalized spacial score (nSPS) is 11.3. The van der Waals surface area contributed by atoms with Gasteiger partial charge in [0.25, 0.3) is 10.0 Å². The molecule has 3 N–H and O–H groups in total. The molecule has 1 aromatic carbocycles. The lowest BCUT2D eigenvalue weighted by Crippen LogP contribution is -2.15. The van der Waals surface area contributed by atoms with E-state index in [-0.39, 0.29) is 9.88 Å². The SMILES string of the molecule is CCc1nc(NS(=O)(=O)c2cccc(C(N)=S)c2)sc1C. The molecule has 2 rings (SSSR count). The number of anilines is 1. The lowest BCUT2D eigenvalue weighted by molar-refractivity contribution is 0.601. The van der Waals surface area contributed by atoms with E-state index in [1.54, 1.807) is 12.1 Å². The number of nitrogens with two attached hydrogens (primary N) is 1. The Kier molecular flexibility index (Phi) is 4.60. The van der Waals surface area contributed by atoms with Crippen molar-refractivity contribution in [3.63, 3.8) is 0 Å². The highest BCUT2D eigenvalue weighted by molar-refractivity contribution is 7.93. The van der Waals surface area contributed by atoms with E-state index >= 15 is 0 Å². The van der Waals surface area contributed by atoms with E-state index in [0.29, 0.717) is 10.7 Å². The Hall–Kier alpha value is -1.51. The number of thiocarbonyl (C=S) groups is 1. The van der Waals surface area contributed by atoms with E-state index in [9.17, 15) is 8.42 Å². The summed E-state index contributed by atoms with van der Waals surface area (Å²) in [6.07, 6.45) is 0.765. The molecule has 0 saturated heterocycles. The lowest BCUT2D eigenvalue weighted by Gasteiger charge is -2.06. The first-order valence-electron chi connectivity index (χ1n) is 6.22. The molecular formula is C13H15N3O2S3. The number of hydrogen-bond acceptors (Lipinski definition) is 5. The number of aryl methyl sites for hydroxylation is 2. The molecule has 8 heteroatoms. The fourth-order valence-electron chi connectivity index (χ4n) is 1.79. The molecule has 21 heavy (non-hydrogen) atoms. The predicted molar refractivity (Wildman–Crippen MR) is 89.4 cm³/mol. The van der Waals surface area contributed by atoms with Crippen LogP contribution in [0.2, 0.25) is 0 Å². The van der Waals surface area contributed by atoms with Gasteiger partial charge in [-0.25, -0.2) is 13.4 Å². The van der Waals surface area contributed by atoms with Gasteiger partial charge in [0.1, 0.15) is 4.99 Å². The van der Waals surface area contributed by atoms with E-state index in [1.165, 1.54) is 23.5 Å². The smallest absolute Gasteiger partial charge is 0.263 e. The number of aromatic nitrogens is 1. The summed E-state index contributed by atoms with van der Waals surface area (Å²) in [7, 11) is -3.70. The van der Waals surface area contributed by atoms with Crippen LogP contribution in [0.1, 0.15) is 23.1 Å². The van der Waals surface area contributed by atoms with Gasteiger partial charge in [0.15, 0.2) is 5.13 Å². The lowest BCUT2D eigenvalue weighted by atomic mass is 10.2. The molecular weight excluding hydrogens is 326 g/mol. The van der Waals surface area contributed by atoms with Crippen LogP contribution in [0.5, 0.6) is 0 Å². The van der Waals surface area contributed by atoms with Crippen LogP contribution in [0.25, 0.3) is 0 Å². The molecule has 0 amide bonds. The second-order valence-corrected chi connectivity index (χ2v) is 7.70. The van der Waals surface area contributed by atoms with E-state index in [2.05, 4.69) is 9.71 Å². The number of hydrogen-bond donors (Lipinski definition) is 2. The number of thiazole rings is 1. The molecule has 0 aliphatic heterocycles. The van der Waals surface area contributed by atoms with Crippen LogP contribution in [0.4, 0.5) is 5.13 Å².